The van der Waals surface area contributed by atoms with Crippen LogP contribution in [0.1, 0.15) is 12.8 Å². The van der Waals surface area contributed by atoms with Crippen LogP contribution in [0.3, 0.4) is 0 Å². The van der Waals surface area contributed by atoms with E-state index in [2.05, 4.69) is 25.8 Å². The van der Waals surface area contributed by atoms with E-state index in [9.17, 15) is 0 Å². The standard InChI is InChI=1S/C21H24ClN5O3/c1-14(29-18-10-5-4-9-17(18)28-3)12-24-21(23-2)25-13-19-26-20(27-30-19)15-7-6-8-16(22)11-15/h4-11,14H,12-13H2,1-3H3,(H2,23,24,25). The number of benzene rings is 2. The molecule has 0 aliphatic carbocycles. The molecular weight excluding hydrogens is 406 g/mol. The van der Waals surface area contributed by atoms with Gasteiger partial charge in [-0.25, -0.2) is 0 Å². The second-order valence-corrected chi connectivity index (χ2v) is 6.84. The van der Waals surface area contributed by atoms with Crippen molar-refractivity contribution in [3.05, 3.63) is 59.4 Å². The van der Waals surface area contributed by atoms with Crippen molar-refractivity contribution in [3.63, 3.8) is 0 Å². The van der Waals surface area contributed by atoms with E-state index in [4.69, 9.17) is 25.6 Å². The van der Waals surface area contributed by atoms with Crippen molar-refractivity contribution in [2.75, 3.05) is 20.7 Å². The van der Waals surface area contributed by atoms with Crippen LogP contribution in [0.5, 0.6) is 11.5 Å². The molecule has 9 heteroatoms. The SMILES string of the molecule is CN=C(NCc1nc(-c2cccc(Cl)c2)no1)NCC(C)Oc1ccccc1OC. The van der Waals surface area contributed by atoms with Crippen molar-refractivity contribution >= 4 is 17.6 Å². The molecule has 2 aromatic carbocycles. The Morgan fingerprint density at radius 2 is 1.97 bits per heavy atom. The second kappa shape index (κ2) is 10.5. The van der Waals surface area contributed by atoms with E-state index in [0.29, 0.717) is 47.3 Å². The average molecular weight is 430 g/mol. The van der Waals surface area contributed by atoms with Crippen molar-refractivity contribution in [3.8, 4) is 22.9 Å². The van der Waals surface area contributed by atoms with Crippen LogP contribution in [0.2, 0.25) is 5.02 Å². The number of rotatable bonds is 8. The summed E-state index contributed by atoms with van der Waals surface area (Å²) in [7, 11) is 3.30. The predicted molar refractivity (Wildman–Crippen MR) is 116 cm³/mol. The van der Waals surface area contributed by atoms with Gasteiger partial charge in [-0.3, -0.25) is 4.99 Å². The summed E-state index contributed by atoms with van der Waals surface area (Å²) in [5.74, 6) is 2.89. The third-order valence-electron chi connectivity index (χ3n) is 4.14. The molecule has 1 atom stereocenters. The molecule has 0 saturated carbocycles. The van der Waals surface area contributed by atoms with Gasteiger partial charge in [0.2, 0.25) is 11.7 Å². The van der Waals surface area contributed by atoms with Gasteiger partial charge in [0.15, 0.2) is 17.5 Å². The summed E-state index contributed by atoms with van der Waals surface area (Å²) in [6.07, 6.45) is -0.113. The fraction of sp³-hybridized carbons (Fsp3) is 0.286. The zero-order valence-corrected chi connectivity index (χ0v) is 17.8. The first-order valence-corrected chi connectivity index (χ1v) is 9.79. The highest BCUT2D eigenvalue weighted by Crippen LogP contribution is 2.26. The number of aromatic nitrogens is 2. The Hall–Kier alpha value is -3.26. The maximum Gasteiger partial charge on any atom is 0.246 e. The summed E-state index contributed by atoms with van der Waals surface area (Å²) in [6.45, 7) is 2.83. The zero-order valence-electron chi connectivity index (χ0n) is 17.1. The van der Waals surface area contributed by atoms with Gasteiger partial charge in [-0.05, 0) is 31.2 Å². The van der Waals surface area contributed by atoms with Crippen molar-refractivity contribution in [1.29, 1.82) is 0 Å². The molecule has 30 heavy (non-hydrogen) atoms. The van der Waals surface area contributed by atoms with E-state index in [1.165, 1.54) is 0 Å². The normalized spacial score (nSPS) is 12.3. The van der Waals surface area contributed by atoms with Gasteiger partial charge in [-0.15, -0.1) is 0 Å². The number of ether oxygens (including phenoxy) is 2. The highest BCUT2D eigenvalue weighted by Gasteiger charge is 2.12. The maximum absolute atomic E-state index is 6.01. The number of aliphatic imine (C=N–C) groups is 1. The van der Waals surface area contributed by atoms with Gasteiger partial charge in [-0.1, -0.05) is 41.0 Å². The van der Waals surface area contributed by atoms with Crippen LogP contribution in [0.25, 0.3) is 11.4 Å². The van der Waals surface area contributed by atoms with Gasteiger partial charge in [0.25, 0.3) is 0 Å². The summed E-state index contributed by atoms with van der Waals surface area (Å²) in [5, 5.41) is 11.0. The Bertz CT molecular complexity index is 992. The van der Waals surface area contributed by atoms with E-state index >= 15 is 0 Å². The van der Waals surface area contributed by atoms with Crippen molar-refractivity contribution < 1.29 is 14.0 Å². The number of nitrogens with zero attached hydrogens (tertiary/aromatic N) is 3. The first-order chi connectivity index (χ1) is 14.6. The maximum atomic E-state index is 6.01. The van der Waals surface area contributed by atoms with Crippen LogP contribution >= 0.6 is 11.6 Å². The summed E-state index contributed by atoms with van der Waals surface area (Å²) in [4.78, 5) is 8.58. The minimum absolute atomic E-state index is 0.113. The van der Waals surface area contributed by atoms with Crippen LogP contribution < -0.4 is 20.1 Å². The molecule has 0 fully saturated rings. The number of methoxy groups -OCH3 is 1. The zero-order chi connectivity index (χ0) is 21.3. The van der Waals surface area contributed by atoms with Crippen LogP contribution in [0.15, 0.2) is 58.0 Å². The minimum atomic E-state index is -0.113. The average Bonchev–Trinajstić information content (AvgIpc) is 3.23. The number of para-hydroxylation sites is 2. The van der Waals surface area contributed by atoms with Gasteiger partial charge in [0.05, 0.1) is 20.2 Å². The van der Waals surface area contributed by atoms with Crippen LogP contribution in [0.4, 0.5) is 0 Å². The molecule has 0 spiro atoms. The van der Waals surface area contributed by atoms with Crippen LogP contribution in [-0.2, 0) is 6.54 Å². The third kappa shape index (κ3) is 5.87. The Morgan fingerprint density at radius 1 is 1.17 bits per heavy atom. The van der Waals surface area contributed by atoms with Gasteiger partial charge >= 0.3 is 0 Å². The largest absolute Gasteiger partial charge is 0.493 e. The van der Waals surface area contributed by atoms with Crippen molar-refractivity contribution in [2.45, 2.75) is 19.6 Å². The summed E-state index contributed by atoms with van der Waals surface area (Å²) < 4.78 is 16.5. The Labute approximate surface area is 180 Å². The Balaban J connectivity index is 1.49. The number of nitrogens with one attached hydrogen (secondary N) is 2. The van der Waals surface area contributed by atoms with E-state index in [1.807, 2.05) is 43.3 Å². The summed E-state index contributed by atoms with van der Waals surface area (Å²) in [6, 6.07) is 14.8. The van der Waals surface area contributed by atoms with Crippen LogP contribution in [-0.4, -0.2) is 42.9 Å². The van der Waals surface area contributed by atoms with Gasteiger partial charge in [-0.2, -0.15) is 4.98 Å². The Morgan fingerprint density at radius 3 is 2.70 bits per heavy atom. The second-order valence-electron chi connectivity index (χ2n) is 6.41. The fourth-order valence-corrected chi connectivity index (χ4v) is 2.86. The Kier molecular flexibility index (Phi) is 7.51. The molecular formula is C21H24ClN5O3. The third-order valence-corrected chi connectivity index (χ3v) is 4.37. The molecule has 0 amide bonds. The molecule has 1 aromatic heterocycles. The minimum Gasteiger partial charge on any atom is -0.493 e. The van der Waals surface area contributed by atoms with E-state index in [1.54, 1.807) is 26.3 Å². The first kappa shape index (κ1) is 21.4. The quantitative estimate of drug-likeness (QED) is 0.418. The lowest BCUT2D eigenvalue weighted by molar-refractivity contribution is 0.213. The van der Waals surface area contributed by atoms with Crippen LogP contribution in [0, 0.1) is 0 Å². The van der Waals surface area contributed by atoms with E-state index in [-0.39, 0.29) is 6.10 Å². The van der Waals surface area contributed by atoms with Gasteiger partial charge in [0.1, 0.15) is 6.10 Å². The number of hydrogen-bond donors (Lipinski definition) is 2. The lowest BCUT2D eigenvalue weighted by Gasteiger charge is -2.18. The van der Waals surface area contributed by atoms with E-state index < -0.39 is 0 Å². The number of halogens is 1. The summed E-state index contributed by atoms with van der Waals surface area (Å²) in [5.41, 5.74) is 0.794. The molecule has 3 rings (SSSR count). The van der Waals surface area contributed by atoms with Gasteiger partial charge < -0.3 is 24.6 Å². The fourth-order valence-electron chi connectivity index (χ4n) is 2.67. The highest BCUT2D eigenvalue weighted by molar-refractivity contribution is 6.30. The molecule has 0 bridgehead atoms. The molecule has 0 radical (unpaired) electrons. The molecule has 8 nitrogen and oxygen atoms in total. The molecule has 1 unspecified atom stereocenters. The molecule has 158 valence electrons. The van der Waals surface area contributed by atoms with Gasteiger partial charge in [0, 0.05) is 17.6 Å². The first-order valence-electron chi connectivity index (χ1n) is 9.41. The number of hydrogen-bond acceptors (Lipinski definition) is 6. The molecule has 1 heterocycles. The predicted octanol–water partition coefficient (Wildman–Crippen LogP) is 3.53. The molecule has 0 aliphatic heterocycles. The lowest BCUT2D eigenvalue weighted by Crippen LogP contribution is -2.41. The monoisotopic (exact) mass is 429 g/mol. The molecule has 2 N–H and O–H groups in total. The molecule has 0 saturated heterocycles. The lowest BCUT2D eigenvalue weighted by atomic mass is 10.2. The summed E-state index contributed by atoms with van der Waals surface area (Å²) >= 11 is 6.01. The highest BCUT2D eigenvalue weighted by atomic mass is 35.5. The van der Waals surface area contributed by atoms with E-state index in [0.717, 1.165) is 5.56 Å². The molecule has 0 aliphatic rings. The number of guanidine groups is 1. The smallest absolute Gasteiger partial charge is 0.246 e. The topological polar surface area (TPSA) is 93.8 Å². The van der Waals surface area contributed by atoms with Crippen molar-refractivity contribution in [2.24, 2.45) is 4.99 Å². The van der Waals surface area contributed by atoms with Crippen molar-refractivity contribution in [1.82, 2.24) is 20.8 Å². The molecule has 3 aromatic rings.